The molecule has 1 fully saturated rings. The summed E-state index contributed by atoms with van der Waals surface area (Å²) in [6.45, 7) is 2.79. The van der Waals surface area contributed by atoms with Crippen molar-refractivity contribution in [3.05, 3.63) is 34.9 Å². The monoisotopic (exact) mass is 211 g/mol. The smallest absolute Gasteiger partial charge is 0.0832 e. The zero-order valence-electron chi connectivity index (χ0n) is 8.24. The van der Waals surface area contributed by atoms with E-state index >= 15 is 0 Å². The van der Waals surface area contributed by atoms with Gasteiger partial charge in [-0.1, -0.05) is 23.7 Å². The molecule has 3 heteroatoms. The zero-order chi connectivity index (χ0) is 9.97. The molecule has 1 heterocycles. The molecule has 1 aliphatic heterocycles. The number of hydrogen-bond donors (Lipinski definition) is 0. The molecule has 1 aromatic carbocycles. The quantitative estimate of drug-likeness (QED) is 0.760. The van der Waals surface area contributed by atoms with Crippen LogP contribution >= 0.6 is 11.6 Å². The molecule has 0 radical (unpaired) electrons. The molecular weight excluding hydrogens is 198 g/mol. The topological polar surface area (TPSA) is 12.5 Å². The molecule has 1 saturated heterocycles. The van der Waals surface area contributed by atoms with Crippen LogP contribution in [0, 0.1) is 0 Å². The van der Waals surface area contributed by atoms with E-state index in [4.69, 9.17) is 16.3 Å². The summed E-state index contributed by atoms with van der Waals surface area (Å²) in [7, 11) is 2.10. The van der Waals surface area contributed by atoms with Gasteiger partial charge in [-0.3, -0.25) is 0 Å². The Balaban J connectivity index is 1.78. The molecule has 0 bridgehead atoms. The molecule has 0 saturated carbocycles. The van der Waals surface area contributed by atoms with E-state index in [9.17, 15) is 0 Å². The highest BCUT2D eigenvalue weighted by Gasteiger charge is 2.23. The molecule has 0 aliphatic carbocycles. The van der Waals surface area contributed by atoms with E-state index in [1.165, 1.54) is 5.56 Å². The Hall–Kier alpha value is -0.570. The van der Waals surface area contributed by atoms with E-state index in [-0.39, 0.29) is 0 Å². The molecule has 2 nitrogen and oxygen atoms in total. The lowest BCUT2D eigenvalue weighted by molar-refractivity contribution is -0.0518. The molecule has 0 atom stereocenters. The van der Waals surface area contributed by atoms with Crippen molar-refractivity contribution in [1.29, 1.82) is 0 Å². The van der Waals surface area contributed by atoms with Gasteiger partial charge in [-0.15, -0.1) is 0 Å². The third kappa shape index (κ3) is 2.47. The van der Waals surface area contributed by atoms with Gasteiger partial charge in [0.15, 0.2) is 0 Å². The summed E-state index contributed by atoms with van der Waals surface area (Å²) in [4.78, 5) is 2.24. The van der Waals surface area contributed by atoms with Crippen LogP contribution in [0.15, 0.2) is 24.3 Å². The normalized spacial score (nSPS) is 18.1. The number of ether oxygens (including phenoxy) is 1. The average molecular weight is 212 g/mol. The lowest BCUT2D eigenvalue weighted by Gasteiger charge is -2.35. The summed E-state index contributed by atoms with van der Waals surface area (Å²) in [5.41, 5.74) is 1.18. The SMILES string of the molecule is CN1CC(OCc2ccc(Cl)cc2)C1. The predicted octanol–water partition coefficient (Wildman–Crippen LogP) is 2.17. The predicted molar refractivity (Wildman–Crippen MR) is 57.5 cm³/mol. The number of nitrogens with zero attached hydrogens (tertiary/aromatic N) is 1. The molecule has 1 aromatic rings. The van der Waals surface area contributed by atoms with Crippen LogP contribution in [0.1, 0.15) is 5.56 Å². The molecule has 0 N–H and O–H groups in total. The van der Waals surface area contributed by atoms with Gasteiger partial charge in [0.1, 0.15) is 0 Å². The Kier molecular flexibility index (Phi) is 3.06. The van der Waals surface area contributed by atoms with Gasteiger partial charge in [-0.2, -0.15) is 0 Å². The van der Waals surface area contributed by atoms with Crippen molar-refractivity contribution >= 4 is 11.6 Å². The fraction of sp³-hybridized carbons (Fsp3) is 0.455. The van der Waals surface area contributed by atoms with Gasteiger partial charge in [0, 0.05) is 18.1 Å². The number of likely N-dealkylation sites (tertiary alicyclic amines) is 1. The summed E-state index contributed by atoms with van der Waals surface area (Å²) in [5, 5.41) is 0.775. The van der Waals surface area contributed by atoms with Gasteiger partial charge in [0.25, 0.3) is 0 Å². The fourth-order valence-corrected chi connectivity index (χ4v) is 1.67. The second-order valence-electron chi connectivity index (χ2n) is 3.78. The Morgan fingerprint density at radius 1 is 1.36 bits per heavy atom. The zero-order valence-corrected chi connectivity index (χ0v) is 9.00. The van der Waals surface area contributed by atoms with Crippen molar-refractivity contribution in [2.75, 3.05) is 20.1 Å². The lowest BCUT2D eigenvalue weighted by atomic mass is 10.2. The van der Waals surface area contributed by atoms with E-state index in [0.29, 0.717) is 12.7 Å². The molecule has 0 amide bonds. The lowest BCUT2D eigenvalue weighted by Crippen LogP contribution is -2.49. The second kappa shape index (κ2) is 4.30. The maximum atomic E-state index is 5.78. The minimum atomic E-state index is 0.413. The molecule has 76 valence electrons. The summed E-state index contributed by atoms with van der Waals surface area (Å²) in [6.07, 6.45) is 0.413. The largest absolute Gasteiger partial charge is 0.371 e. The maximum Gasteiger partial charge on any atom is 0.0832 e. The number of benzene rings is 1. The highest BCUT2D eigenvalue weighted by molar-refractivity contribution is 6.30. The highest BCUT2D eigenvalue weighted by Crippen LogP contribution is 2.14. The molecule has 2 rings (SSSR count). The van der Waals surface area contributed by atoms with Gasteiger partial charge in [0.05, 0.1) is 12.7 Å². The summed E-state index contributed by atoms with van der Waals surface area (Å²) in [5.74, 6) is 0. The minimum absolute atomic E-state index is 0.413. The first-order valence-corrected chi connectivity index (χ1v) is 5.16. The standard InChI is InChI=1S/C11H14ClNO/c1-13-6-11(7-13)14-8-9-2-4-10(12)5-3-9/h2-5,11H,6-8H2,1H3. The van der Waals surface area contributed by atoms with Crippen molar-refractivity contribution in [1.82, 2.24) is 4.90 Å². The number of rotatable bonds is 3. The molecular formula is C11H14ClNO. The Bertz CT molecular complexity index is 293. The summed E-state index contributed by atoms with van der Waals surface area (Å²) in [6, 6.07) is 7.80. The highest BCUT2D eigenvalue weighted by atomic mass is 35.5. The Labute approximate surface area is 89.4 Å². The Morgan fingerprint density at radius 2 is 2.00 bits per heavy atom. The number of likely N-dealkylation sites (N-methyl/N-ethyl adjacent to an activating group) is 1. The summed E-state index contributed by atoms with van der Waals surface area (Å²) >= 11 is 5.78. The molecule has 14 heavy (non-hydrogen) atoms. The third-order valence-corrected chi connectivity index (χ3v) is 2.68. The van der Waals surface area contributed by atoms with E-state index < -0.39 is 0 Å². The van der Waals surface area contributed by atoms with Crippen LogP contribution in [0.2, 0.25) is 5.02 Å². The minimum Gasteiger partial charge on any atom is -0.371 e. The van der Waals surface area contributed by atoms with Crippen molar-refractivity contribution < 1.29 is 4.74 Å². The first-order chi connectivity index (χ1) is 6.74. The van der Waals surface area contributed by atoms with Crippen LogP contribution in [0.25, 0.3) is 0 Å². The van der Waals surface area contributed by atoms with Gasteiger partial charge >= 0.3 is 0 Å². The van der Waals surface area contributed by atoms with Crippen molar-refractivity contribution in [3.8, 4) is 0 Å². The van der Waals surface area contributed by atoms with Crippen LogP contribution < -0.4 is 0 Å². The molecule has 0 aromatic heterocycles. The van der Waals surface area contributed by atoms with Crippen LogP contribution in [0.5, 0.6) is 0 Å². The maximum absolute atomic E-state index is 5.78. The van der Waals surface area contributed by atoms with E-state index in [2.05, 4.69) is 11.9 Å². The van der Waals surface area contributed by atoms with Crippen LogP contribution in [-0.2, 0) is 11.3 Å². The van der Waals surface area contributed by atoms with Gasteiger partial charge in [-0.25, -0.2) is 0 Å². The van der Waals surface area contributed by atoms with Crippen LogP contribution in [-0.4, -0.2) is 31.1 Å². The Morgan fingerprint density at radius 3 is 2.57 bits per heavy atom. The number of hydrogen-bond acceptors (Lipinski definition) is 2. The first-order valence-electron chi connectivity index (χ1n) is 4.78. The van der Waals surface area contributed by atoms with Gasteiger partial charge < -0.3 is 9.64 Å². The van der Waals surface area contributed by atoms with Crippen LogP contribution in [0.4, 0.5) is 0 Å². The van der Waals surface area contributed by atoms with Gasteiger partial charge in [0.2, 0.25) is 0 Å². The third-order valence-electron chi connectivity index (χ3n) is 2.43. The van der Waals surface area contributed by atoms with E-state index in [1.54, 1.807) is 0 Å². The van der Waals surface area contributed by atoms with E-state index in [1.807, 2.05) is 24.3 Å². The fourth-order valence-electron chi connectivity index (χ4n) is 1.54. The molecule has 1 aliphatic rings. The summed E-state index contributed by atoms with van der Waals surface area (Å²) < 4.78 is 5.69. The van der Waals surface area contributed by atoms with E-state index in [0.717, 1.165) is 18.1 Å². The second-order valence-corrected chi connectivity index (χ2v) is 4.22. The molecule has 0 spiro atoms. The van der Waals surface area contributed by atoms with Crippen molar-refractivity contribution in [3.63, 3.8) is 0 Å². The first kappa shape index (κ1) is 9.97. The number of halogens is 1. The van der Waals surface area contributed by atoms with Crippen LogP contribution in [0.3, 0.4) is 0 Å². The average Bonchev–Trinajstić information content (AvgIpc) is 2.13. The van der Waals surface area contributed by atoms with Crippen molar-refractivity contribution in [2.45, 2.75) is 12.7 Å². The molecule has 0 unspecified atom stereocenters. The van der Waals surface area contributed by atoms with Crippen molar-refractivity contribution in [2.24, 2.45) is 0 Å². The van der Waals surface area contributed by atoms with Gasteiger partial charge in [-0.05, 0) is 24.7 Å².